The molecule has 0 amide bonds. The van der Waals surface area contributed by atoms with Crippen LogP contribution in [0.15, 0.2) is 29.2 Å². The normalized spacial score (nSPS) is 16.0. The second kappa shape index (κ2) is 6.34. The monoisotopic (exact) mass is 312 g/mol. The van der Waals surface area contributed by atoms with Gasteiger partial charge in [-0.15, -0.1) is 0 Å². The van der Waals surface area contributed by atoms with Gasteiger partial charge in [0.2, 0.25) is 10.0 Å². The van der Waals surface area contributed by atoms with Gasteiger partial charge in [-0.3, -0.25) is 0 Å². The van der Waals surface area contributed by atoms with Gasteiger partial charge in [-0.25, -0.2) is 13.1 Å². The molecule has 3 N–H and O–H groups in total. The fraction of sp³-hybridized carbons (Fsp3) is 0.600. The molecular formula is C15H24N2O3S. The molecule has 2 rings (SSSR count). The predicted molar refractivity (Wildman–Crippen MR) is 82.8 cm³/mol. The van der Waals surface area contributed by atoms with E-state index in [9.17, 15) is 8.42 Å². The van der Waals surface area contributed by atoms with Crippen LogP contribution in [0.4, 0.5) is 0 Å². The molecule has 1 aliphatic carbocycles. The standard InChI is InChI=1S/C15H24N2O3S/c1-3-15(16,4-2)11-20-13-7-5-6-8-14(13)21(18,19)17-12-9-10-12/h5-8,12,17H,3-4,9-11,16H2,1-2H3. The Morgan fingerprint density at radius 3 is 2.48 bits per heavy atom. The molecule has 0 spiro atoms. The molecule has 0 saturated heterocycles. The SMILES string of the molecule is CCC(N)(CC)COc1ccccc1S(=O)(=O)NC1CC1. The van der Waals surface area contributed by atoms with Crippen LogP contribution in [0, 0.1) is 0 Å². The van der Waals surface area contributed by atoms with E-state index in [4.69, 9.17) is 10.5 Å². The number of rotatable bonds is 8. The van der Waals surface area contributed by atoms with Crippen molar-refractivity contribution in [1.82, 2.24) is 4.72 Å². The van der Waals surface area contributed by atoms with Crippen molar-refractivity contribution >= 4 is 10.0 Å². The molecule has 5 nitrogen and oxygen atoms in total. The second-order valence-electron chi connectivity index (χ2n) is 5.70. The van der Waals surface area contributed by atoms with Gasteiger partial charge in [0.05, 0.1) is 0 Å². The van der Waals surface area contributed by atoms with Gasteiger partial charge in [0.25, 0.3) is 0 Å². The van der Waals surface area contributed by atoms with Crippen molar-refractivity contribution in [2.75, 3.05) is 6.61 Å². The minimum absolute atomic E-state index is 0.0722. The van der Waals surface area contributed by atoms with Gasteiger partial charge in [0.1, 0.15) is 17.3 Å². The lowest BCUT2D eigenvalue weighted by molar-refractivity contribution is 0.203. The van der Waals surface area contributed by atoms with E-state index in [1.807, 2.05) is 13.8 Å². The van der Waals surface area contributed by atoms with Crippen LogP contribution in [0.3, 0.4) is 0 Å². The van der Waals surface area contributed by atoms with Crippen LogP contribution in [0.1, 0.15) is 39.5 Å². The number of hydrogen-bond donors (Lipinski definition) is 2. The van der Waals surface area contributed by atoms with Crippen LogP contribution >= 0.6 is 0 Å². The summed E-state index contributed by atoms with van der Waals surface area (Å²) < 4.78 is 33.1. The summed E-state index contributed by atoms with van der Waals surface area (Å²) in [4.78, 5) is 0.187. The Morgan fingerprint density at radius 2 is 1.90 bits per heavy atom. The summed E-state index contributed by atoms with van der Waals surface area (Å²) >= 11 is 0. The van der Waals surface area contributed by atoms with Crippen molar-refractivity contribution in [3.63, 3.8) is 0 Å². The first kappa shape index (κ1) is 16.3. The van der Waals surface area contributed by atoms with E-state index in [0.29, 0.717) is 12.4 Å². The molecule has 0 bridgehead atoms. The van der Waals surface area contributed by atoms with Gasteiger partial charge in [-0.2, -0.15) is 0 Å². The molecule has 0 aliphatic heterocycles. The lowest BCUT2D eigenvalue weighted by atomic mass is 9.96. The maximum atomic E-state index is 12.3. The van der Waals surface area contributed by atoms with Crippen molar-refractivity contribution in [1.29, 1.82) is 0 Å². The zero-order valence-corrected chi connectivity index (χ0v) is 13.4. The van der Waals surface area contributed by atoms with Crippen molar-refractivity contribution in [2.45, 2.75) is 56.0 Å². The average molecular weight is 312 g/mol. The quantitative estimate of drug-likeness (QED) is 0.769. The van der Waals surface area contributed by atoms with Gasteiger partial charge in [0.15, 0.2) is 0 Å². The highest BCUT2D eigenvalue weighted by molar-refractivity contribution is 7.89. The predicted octanol–water partition coefficient (Wildman–Crippen LogP) is 2.02. The number of para-hydroxylation sites is 1. The Kier molecular flexibility index (Phi) is 4.91. The molecule has 0 heterocycles. The van der Waals surface area contributed by atoms with E-state index in [1.54, 1.807) is 24.3 Å². The summed E-state index contributed by atoms with van der Waals surface area (Å²) in [6.45, 7) is 4.31. The highest BCUT2D eigenvalue weighted by Gasteiger charge is 2.30. The minimum atomic E-state index is -3.52. The number of sulfonamides is 1. The van der Waals surface area contributed by atoms with E-state index < -0.39 is 15.6 Å². The molecule has 1 saturated carbocycles. The second-order valence-corrected chi connectivity index (χ2v) is 7.38. The molecule has 1 aliphatic rings. The summed E-state index contributed by atoms with van der Waals surface area (Å²) in [7, 11) is -3.52. The topological polar surface area (TPSA) is 81.4 Å². The van der Waals surface area contributed by atoms with Crippen LogP contribution in [0.5, 0.6) is 5.75 Å². The first-order chi connectivity index (χ1) is 9.90. The fourth-order valence-electron chi connectivity index (χ4n) is 1.95. The molecule has 0 unspecified atom stereocenters. The smallest absolute Gasteiger partial charge is 0.244 e. The molecule has 0 radical (unpaired) electrons. The number of hydrogen-bond acceptors (Lipinski definition) is 4. The minimum Gasteiger partial charge on any atom is -0.490 e. The summed E-state index contributed by atoms with van der Waals surface area (Å²) in [5.41, 5.74) is 5.77. The van der Waals surface area contributed by atoms with Crippen LogP contribution in [0.2, 0.25) is 0 Å². The highest BCUT2D eigenvalue weighted by atomic mass is 32.2. The summed E-state index contributed by atoms with van der Waals surface area (Å²) in [5, 5.41) is 0. The molecular weight excluding hydrogens is 288 g/mol. The van der Waals surface area contributed by atoms with Crippen LogP contribution < -0.4 is 15.2 Å². The van der Waals surface area contributed by atoms with Gasteiger partial charge < -0.3 is 10.5 Å². The van der Waals surface area contributed by atoms with Gasteiger partial charge in [0, 0.05) is 11.6 Å². The number of ether oxygens (including phenoxy) is 1. The fourth-order valence-corrected chi connectivity index (χ4v) is 3.40. The van der Waals surface area contributed by atoms with E-state index in [2.05, 4.69) is 4.72 Å². The number of benzene rings is 1. The Balaban J connectivity index is 2.17. The average Bonchev–Trinajstić information content (AvgIpc) is 3.28. The Labute approximate surface area is 126 Å². The third-order valence-electron chi connectivity index (χ3n) is 3.96. The number of nitrogens with two attached hydrogens (primary N) is 1. The maximum Gasteiger partial charge on any atom is 0.244 e. The zero-order valence-electron chi connectivity index (χ0n) is 12.6. The molecule has 21 heavy (non-hydrogen) atoms. The molecule has 1 aromatic carbocycles. The third-order valence-corrected chi connectivity index (χ3v) is 5.52. The van der Waals surface area contributed by atoms with Crippen LogP contribution in [-0.4, -0.2) is 26.6 Å². The molecule has 1 aromatic rings. The molecule has 0 atom stereocenters. The van der Waals surface area contributed by atoms with Gasteiger partial charge in [-0.1, -0.05) is 26.0 Å². The first-order valence-electron chi connectivity index (χ1n) is 7.43. The van der Waals surface area contributed by atoms with Gasteiger partial charge >= 0.3 is 0 Å². The number of nitrogens with one attached hydrogen (secondary N) is 1. The van der Waals surface area contributed by atoms with Gasteiger partial charge in [-0.05, 0) is 37.8 Å². The Morgan fingerprint density at radius 1 is 1.29 bits per heavy atom. The van der Waals surface area contributed by atoms with E-state index in [-0.39, 0.29) is 10.9 Å². The lowest BCUT2D eigenvalue weighted by Gasteiger charge is -2.27. The van der Waals surface area contributed by atoms with E-state index >= 15 is 0 Å². The largest absolute Gasteiger partial charge is 0.490 e. The van der Waals surface area contributed by atoms with Crippen LogP contribution in [0.25, 0.3) is 0 Å². The van der Waals surface area contributed by atoms with Crippen molar-refractivity contribution < 1.29 is 13.2 Å². The lowest BCUT2D eigenvalue weighted by Crippen LogP contribution is -2.44. The first-order valence-corrected chi connectivity index (χ1v) is 8.91. The third kappa shape index (κ3) is 4.18. The molecule has 118 valence electrons. The summed E-state index contributed by atoms with van der Waals surface area (Å²) in [6, 6.07) is 6.78. The van der Waals surface area contributed by atoms with Crippen molar-refractivity contribution in [2.24, 2.45) is 5.73 Å². The van der Waals surface area contributed by atoms with Crippen molar-refractivity contribution in [3.8, 4) is 5.75 Å². The molecule has 0 aromatic heterocycles. The van der Waals surface area contributed by atoms with Crippen LogP contribution in [-0.2, 0) is 10.0 Å². The summed E-state index contributed by atoms with van der Waals surface area (Å²) in [5.74, 6) is 0.363. The highest BCUT2D eigenvalue weighted by Crippen LogP contribution is 2.28. The maximum absolute atomic E-state index is 12.3. The summed E-state index contributed by atoms with van der Waals surface area (Å²) in [6.07, 6.45) is 3.36. The Bertz CT molecular complexity index is 578. The Hall–Kier alpha value is -1.11. The molecule has 1 fully saturated rings. The van der Waals surface area contributed by atoms with Crippen molar-refractivity contribution in [3.05, 3.63) is 24.3 Å². The zero-order chi connectivity index (χ0) is 15.5. The molecule has 6 heteroatoms. The van der Waals surface area contributed by atoms with E-state index in [1.165, 1.54) is 0 Å². The van der Waals surface area contributed by atoms with E-state index in [0.717, 1.165) is 25.7 Å².